The summed E-state index contributed by atoms with van der Waals surface area (Å²) in [6.07, 6.45) is 2.20. The number of nitrogens with one attached hydrogen (secondary N) is 1. The van der Waals surface area contributed by atoms with Crippen LogP contribution in [0, 0.1) is 0 Å². The third-order valence-corrected chi connectivity index (χ3v) is 3.07. The summed E-state index contributed by atoms with van der Waals surface area (Å²) in [4.78, 5) is 11.0. The number of aromatic carboxylic acids is 1. The maximum absolute atomic E-state index is 11.0. The van der Waals surface area contributed by atoms with Crippen LogP contribution in [0.15, 0.2) is 24.3 Å². The van der Waals surface area contributed by atoms with Crippen molar-refractivity contribution < 1.29 is 19.4 Å². The minimum atomic E-state index is -0.968. The SMILES string of the molecule is O=C(O)c1ccccc1OCCNC1CCCOC1. The lowest BCUT2D eigenvalue weighted by atomic mass is 10.1. The zero-order valence-corrected chi connectivity index (χ0v) is 10.8. The van der Waals surface area contributed by atoms with Crippen molar-refractivity contribution in [3.8, 4) is 5.75 Å². The lowest BCUT2D eigenvalue weighted by Crippen LogP contribution is -2.38. The molecule has 0 amide bonds. The predicted octanol–water partition coefficient (Wildman–Crippen LogP) is 1.53. The Kier molecular flexibility index (Phi) is 5.18. The predicted molar refractivity (Wildman–Crippen MR) is 70.7 cm³/mol. The van der Waals surface area contributed by atoms with Crippen molar-refractivity contribution in [2.75, 3.05) is 26.4 Å². The average molecular weight is 265 g/mol. The number of hydrogen-bond acceptors (Lipinski definition) is 4. The molecule has 1 heterocycles. The molecular weight excluding hydrogens is 246 g/mol. The maximum atomic E-state index is 11.0. The summed E-state index contributed by atoms with van der Waals surface area (Å²) in [6, 6.07) is 7.05. The molecule has 104 valence electrons. The second kappa shape index (κ2) is 7.11. The number of carbonyl (C=O) groups is 1. The van der Waals surface area contributed by atoms with E-state index in [-0.39, 0.29) is 5.56 Å². The Morgan fingerprint density at radius 3 is 3.05 bits per heavy atom. The van der Waals surface area contributed by atoms with Gasteiger partial charge in [-0.15, -0.1) is 0 Å². The molecule has 1 atom stereocenters. The number of carboxylic acids is 1. The standard InChI is InChI=1S/C14H19NO4/c16-14(17)12-5-1-2-6-13(12)19-9-7-15-11-4-3-8-18-10-11/h1-2,5-6,11,15H,3-4,7-10H2,(H,16,17). The lowest BCUT2D eigenvalue weighted by Gasteiger charge is -2.23. The van der Waals surface area contributed by atoms with E-state index >= 15 is 0 Å². The normalized spacial score (nSPS) is 19.1. The minimum absolute atomic E-state index is 0.198. The number of ether oxygens (including phenoxy) is 2. The fraction of sp³-hybridized carbons (Fsp3) is 0.500. The van der Waals surface area contributed by atoms with E-state index in [9.17, 15) is 4.79 Å². The molecule has 5 nitrogen and oxygen atoms in total. The number of hydrogen-bond donors (Lipinski definition) is 2. The molecule has 0 saturated carbocycles. The summed E-state index contributed by atoms with van der Waals surface area (Å²) in [7, 11) is 0. The van der Waals surface area contributed by atoms with Crippen molar-refractivity contribution in [3.63, 3.8) is 0 Å². The van der Waals surface area contributed by atoms with Gasteiger partial charge in [0.2, 0.25) is 0 Å². The van der Waals surface area contributed by atoms with E-state index in [2.05, 4.69) is 5.32 Å². The molecule has 2 N–H and O–H groups in total. The van der Waals surface area contributed by atoms with Crippen molar-refractivity contribution in [3.05, 3.63) is 29.8 Å². The van der Waals surface area contributed by atoms with Gasteiger partial charge in [0.15, 0.2) is 0 Å². The highest BCUT2D eigenvalue weighted by Gasteiger charge is 2.13. The minimum Gasteiger partial charge on any atom is -0.491 e. The van der Waals surface area contributed by atoms with Crippen LogP contribution in [0.3, 0.4) is 0 Å². The van der Waals surface area contributed by atoms with Crippen LogP contribution in [0.1, 0.15) is 23.2 Å². The van der Waals surface area contributed by atoms with Gasteiger partial charge in [-0.05, 0) is 25.0 Å². The van der Waals surface area contributed by atoms with Crippen molar-refractivity contribution in [2.45, 2.75) is 18.9 Å². The van der Waals surface area contributed by atoms with E-state index in [0.29, 0.717) is 24.9 Å². The largest absolute Gasteiger partial charge is 0.491 e. The van der Waals surface area contributed by atoms with Crippen molar-refractivity contribution in [1.29, 1.82) is 0 Å². The second-order valence-corrected chi connectivity index (χ2v) is 4.52. The Labute approximate surface area is 112 Å². The third kappa shape index (κ3) is 4.22. The molecule has 1 aliphatic rings. The van der Waals surface area contributed by atoms with Crippen molar-refractivity contribution in [1.82, 2.24) is 5.32 Å². The average Bonchev–Trinajstić information content (AvgIpc) is 2.45. The first-order valence-corrected chi connectivity index (χ1v) is 6.53. The maximum Gasteiger partial charge on any atom is 0.339 e. The monoisotopic (exact) mass is 265 g/mol. The summed E-state index contributed by atoms with van der Waals surface area (Å²) in [6.45, 7) is 2.72. The van der Waals surface area contributed by atoms with Gasteiger partial charge in [-0.2, -0.15) is 0 Å². The quantitative estimate of drug-likeness (QED) is 0.764. The molecule has 0 spiro atoms. The van der Waals surface area contributed by atoms with E-state index in [1.807, 2.05) is 0 Å². The molecule has 1 aromatic carbocycles. The molecule has 1 unspecified atom stereocenters. The zero-order chi connectivity index (χ0) is 13.5. The second-order valence-electron chi connectivity index (χ2n) is 4.52. The fourth-order valence-electron chi connectivity index (χ4n) is 2.09. The molecule has 5 heteroatoms. The highest BCUT2D eigenvalue weighted by Crippen LogP contribution is 2.17. The Hall–Kier alpha value is -1.59. The summed E-state index contributed by atoms with van der Waals surface area (Å²) >= 11 is 0. The summed E-state index contributed by atoms with van der Waals surface area (Å²) < 4.78 is 10.9. The number of carboxylic acid groups (broad SMARTS) is 1. The number of benzene rings is 1. The lowest BCUT2D eigenvalue weighted by molar-refractivity contribution is 0.0683. The van der Waals surface area contributed by atoms with Gasteiger partial charge in [0, 0.05) is 19.2 Å². The summed E-state index contributed by atoms with van der Waals surface area (Å²) in [5.74, 6) is -0.555. The molecular formula is C14H19NO4. The van der Waals surface area contributed by atoms with Crippen LogP contribution in [0.4, 0.5) is 0 Å². The van der Waals surface area contributed by atoms with Gasteiger partial charge in [0.1, 0.15) is 17.9 Å². The molecule has 19 heavy (non-hydrogen) atoms. The molecule has 1 fully saturated rings. The molecule has 0 aliphatic carbocycles. The van der Waals surface area contributed by atoms with Crippen LogP contribution in [0.5, 0.6) is 5.75 Å². The molecule has 1 saturated heterocycles. The molecule has 1 aliphatic heterocycles. The Balaban J connectivity index is 1.74. The van der Waals surface area contributed by atoms with Gasteiger partial charge in [-0.1, -0.05) is 12.1 Å². The van der Waals surface area contributed by atoms with E-state index in [1.54, 1.807) is 24.3 Å². The molecule has 0 radical (unpaired) electrons. The van der Waals surface area contributed by atoms with Gasteiger partial charge in [-0.25, -0.2) is 4.79 Å². The van der Waals surface area contributed by atoms with E-state index in [4.69, 9.17) is 14.6 Å². The Morgan fingerprint density at radius 2 is 2.32 bits per heavy atom. The highest BCUT2D eigenvalue weighted by atomic mass is 16.5. The first-order chi connectivity index (χ1) is 9.27. The van der Waals surface area contributed by atoms with Crippen LogP contribution < -0.4 is 10.1 Å². The van der Waals surface area contributed by atoms with Gasteiger partial charge in [0.05, 0.1) is 6.61 Å². The van der Waals surface area contributed by atoms with Gasteiger partial charge in [-0.3, -0.25) is 0 Å². The van der Waals surface area contributed by atoms with E-state index in [1.165, 1.54) is 0 Å². The molecule has 1 aromatic rings. The summed E-state index contributed by atoms with van der Waals surface area (Å²) in [5, 5.41) is 12.4. The highest BCUT2D eigenvalue weighted by molar-refractivity contribution is 5.90. The van der Waals surface area contributed by atoms with Crippen LogP contribution in [0.25, 0.3) is 0 Å². The summed E-state index contributed by atoms with van der Waals surface area (Å²) in [5.41, 5.74) is 0.198. The van der Waals surface area contributed by atoms with Crippen molar-refractivity contribution >= 4 is 5.97 Å². The van der Waals surface area contributed by atoms with Crippen LogP contribution in [-0.2, 0) is 4.74 Å². The van der Waals surface area contributed by atoms with Gasteiger partial charge < -0.3 is 19.9 Å². The van der Waals surface area contributed by atoms with E-state index < -0.39 is 5.97 Å². The molecule has 2 rings (SSSR count). The molecule has 0 bridgehead atoms. The van der Waals surface area contributed by atoms with Crippen LogP contribution >= 0.6 is 0 Å². The third-order valence-electron chi connectivity index (χ3n) is 3.07. The van der Waals surface area contributed by atoms with Crippen LogP contribution in [-0.4, -0.2) is 43.5 Å². The smallest absolute Gasteiger partial charge is 0.339 e. The topological polar surface area (TPSA) is 67.8 Å². The Morgan fingerprint density at radius 1 is 1.47 bits per heavy atom. The Bertz CT molecular complexity index is 416. The van der Waals surface area contributed by atoms with E-state index in [0.717, 1.165) is 26.1 Å². The van der Waals surface area contributed by atoms with Gasteiger partial charge >= 0.3 is 5.97 Å². The number of rotatable bonds is 6. The first kappa shape index (κ1) is 13.8. The zero-order valence-electron chi connectivity index (χ0n) is 10.8. The fourth-order valence-corrected chi connectivity index (χ4v) is 2.09. The van der Waals surface area contributed by atoms with Crippen molar-refractivity contribution in [2.24, 2.45) is 0 Å². The number of para-hydroxylation sites is 1. The van der Waals surface area contributed by atoms with Crippen LogP contribution in [0.2, 0.25) is 0 Å². The first-order valence-electron chi connectivity index (χ1n) is 6.53. The van der Waals surface area contributed by atoms with Gasteiger partial charge in [0.25, 0.3) is 0 Å². The molecule has 0 aromatic heterocycles.